The Morgan fingerprint density at radius 3 is 2.81 bits per heavy atom. The van der Waals surface area contributed by atoms with Gasteiger partial charge in [-0.15, -0.1) is 0 Å². The van der Waals surface area contributed by atoms with Gasteiger partial charge in [0.2, 0.25) is 0 Å². The van der Waals surface area contributed by atoms with E-state index in [0.29, 0.717) is 12.2 Å². The van der Waals surface area contributed by atoms with Gasteiger partial charge in [-0.25, -0.2) is 4.39 Å². The molecule has 1 aliphatic heterocycles. The number of allylic oxidation sites excluding steroid dienone is 3. The first kappa shape index (κ1) is 14.1. The lowest BCUT2D eigenvalue weighted by Gasteiger charge is -2.21. The number of benzene rings is 1. The van der Waals surface area contributed by atoms with Crippen LogP contribution in [-0.2, 0) is 0 Å². The second kappa shape index (κ2) is 5.86. The standard InChI is InChI=1S/C18H20FNO/c1-18(19)10-6-15(7-11-18)21-17-5-3-2-4-16(17)14-8-12-20-13-9-14/h2-8,10,20H,9,11-13H2,1H3. The van der Waals surface area contributed by atoms with Crippen molar-refractivity contribution in [1.82, 2.24) is 5.32 Å². The third-order valence-corrected chi connectivity index (χ3v) is 3.82. The van der Waals surface area contributed by atoms with Crippen molar-refractivity contribution in [2.75, 3.05) is 13.1 Å². The van der Waals surface area contributed by atoms with Crippen molar-refractivity contribution in [2.24, 2.45) is 0 Å². The van der Waals surface area contributed by atoms with E-state index in [4.69, 9.17) is 4.74 Å². The van der Waals surface area contributed by atoms with Crippen LogP contribution in [0.1, 0.15) is 25.3 Å². The summed E-state index contributed by atoms with van der Waals surface area (Å²) in [4.78, 5) is 0. The van der Waals surface area contributed by atoms with E-state index in [0.717, 1.165) is 30.8 Å². The average Bonchev–Trinajstić information content (AvgIpc) is 2.51. The lowest BCUT2D eigenvalue weighted by atomic mass is 9.98. The van der Waals surface area contributed by atoms with Crippen molar-refractivity contribution >= 4 is 5.57 Å². The Morgan fingerprint density at radius 1 is 1.24 bits per heavy atom. The van der Waals surface area contributed by atoms with Crippen LogP contribution in [-0.4, -0.2) is 18.8 Å². The molecule has 1 aromatic rings. The molecule has 0 radical (unpaired) electrons. The fourth-order valence-corrected chi connectivity index (χ4v) is 2.58. The number of nitrogens with one attached hydrogen (secondary N) is 1. The predicted octanol–water partition coefficient (Wildman–Crippen LogP) is 4.01. The highest BCUT2D eigenvalue weighted by atomic mass is 19.1. The van der Waals surface area contributed by atoms with Crippen LogP contribution >= 0.6 is 0 Å². The quantitative estimate of drug-likeness (QED) is 0.906. The normalized spacial score (nSPS) is 25.2. The summed E-state index contributed by atoms with van der Waals surface area (Å²) in [7, 11) is 0. The van der Waals surface area contributed by atoms with Gasteiger partial charge in [-0.1, -0.05) is 24.3 Å². The van der Waals surface area contributed by atoms with E-state index in [2.05, 4.69) is 17.5 Å². The number of rotatable bonds is 3. The number of hydrogen-bond acceptors (Lipinski definition) is 2. The van der Waals surface area contributed by atoms with E-state index in [9.17, 15) is 4.39 Å². The molecule has 21 heavy (non-hydrogen) atoms. The summed E-state index contributed by atoms with van der Waals surface area (Å²) in [6.45, 7) is 3.46. The maximum absolute atomic E-state index is 13.8. The van der Waals surface area contributed by atoms with Crippen LogP contribution < -0.4 is 10.1 Å². The Balaban J connectivity index is 1.82. The topological polar surface area (TPSA) is 21.3 Å². The van der Waals surface area contributed by atoms with Crippen LogP contribution in [0.3, 0.4) is 0 Å². The molecule has 2 aliphatic rings. The van der Waals surface area contributed by atoms with Crippen LogP contribution in [0.15, 0.2) is 54.3 Å². The maximum atomic E-state index is 13.8. The summed E-state index contributed by atoms with van der Waals surface area (Å²) in [6.07, 6.45) is 8.65. The van der Waals surface area contributed by atoms with Gasteiger partial charge >= 0.3 is 0 Å². The molecule has 0 aromatic heterocycles. The molecule has 1 heterocycles. The summed E-state index contributed by atoms with van der Waals surface area (Å²) >= 11 is 0. The minimum absolute atomic E-state index is 0.355. The Bertz CT molecular complexity index is 613. The van der Waals surface area contributed by atoms with Gasteiger partial charge in [-0.3, -0.25) is 0 Å². The highest BCUT2D eigenvalue weighted by Gasteiger charge is 2.22. The maximum Gasteiger partial charge on any atom is 0.134 e. The van der Waals surface area contributed by atoms with Gasteiger partial charge in [0.05, 0.1) is 0 Å². The first-order chi connectivity index (χ1) is 10.1. The second-order valence-electron chi connectivity index (χ2n) is 5.70. The van der Waals surface area contributed by atoms with Gasteiger partial charge in [0.15, 0.2) is 0 Å². The molecule has 0 amide bonds. The molecular weight excluding hydrogens is 265 g/mol. The molecule has 0 spiro atoms. The Kier molecular flexibility index (Phi) is 3.93. The molecule has 1 N–H and O–H groups in total. The molecular formula is C18H20FNO. The molecule has 1 unspecified atom stereocenters. The van der Waals surface area contributed by atoms with Crippen molar-refractivity contribution in [3.63, 3.8) is 0 Å². The highest BCUT2D eigenvalue weighted by molar-refractivity contribution is 5.71. The Hall–Kier alpha value is -1.87. The molecule has 110 valence electrons. The largest absolute Gasteiger partial charge is 0.457 e. The average molecular weight is 285 g/mol. The van der Waals surface area contributed by atoms with Crippen LogP contribution in [0.4, 0.5) is 4.39 Å². The second-order valence-corrected chi connectivity index (χ2v) is 5.70. The van der Waals surface area contributed by atoms with Crippen molar-refractivity contribution in [1.29, 1.82) is 0 Å². The monoisotopic (exact) mass is 285 g/mol. The smallest absolute Gasteiger partial charge is 0.134 e. The fraction of sp³-hybridized carbons (Fsp3) is 0.333. The number of hydrogen-bond donors (Lipinski definition) is 1. The van der Waals surface area contributed by atoms with Crippen LogP contribution in [0.2, 0.25) is 0 Å². The molecule has 3 heteroatoms. The van der Waals surface area contributed by atoms with E-state index >= 15 is 0 Å². The fourth-order valence-electron chi connectivity index (χ4n) is 2.58. The van der Waals surface area contributed by atoms with Crippen LogP contribution in [0.25, 0.3) is 5.57 Å². The summed E-state index contributed by atoms with van der Waals surface area (Å²) in [5.74, 6) is 1.55. The van der Waals surface area contributed by atoms with E-state index < -0.39 is 5.67 Å². The summed E-state index contributed by atoms with van der Waals surface area (Å²) in [5.41, 5.74) is 1.17. The molecule has 0 fully saturated rings. The number of alkyl halides is 1. The van der Waals surface area contributed by atoms with Gasteiger partial charge in [0, 0.05) is 18.5 Å². The van der Waals surface area contributed by atoms with E-state index in [1.165, 1.54) is 5.57 Å². The zero-order valence-corrected chi connectivity index (χ0v) is 12.2. The van der Waals surface area contributed by atoms with E-state index in [-0.39, 0.29) is 0 Å². The van der Waals surface area contributed by atoms with Crippen molar-refractivity contribution in [2.45, 2.75) is 25.4 Å². The lowest BCUT2D eigenvalue weighted by molar-refractivity contribution is 0.254. The molecule has 0 saturated carbocycles. The van der Waals surface area contributed by atoms with Crippen LogP contribution in [0, 0.1) is 0 Å². The van der Waals surface area contributed by atoms with Gasteiger partial charge < -0.3 is 10.1 Å². The van der Waals surface area contributed by atoms with Gasteiger partial charge in [0.25, 0.3) is 0 Å². The van der Waals surface area contributed by atoms with E-state index in [1.54, 1.807) is 19.1 Å². The number of ether oxygens (including phenoxy) is 1. The molecule has 0 saturated heterocycles. The van der Waals surface area contributed by atoms with Crippen molar-refractivity contribution < 1.29 is 9.13 Å². The van der Waals surface area contributed by atoms with Gasteiger partial charge in [-0.05, 0) is 49.8 Å². The first-order valence-corrected chi connectivity index (χ1v) is 7.39. The van der Waals surface area contributed by atoms with Crippen LogP contribution in [0.5, 0.6) is 5.75 Å². The van der Waals surface area contributed by atoms with Crippen molar-refractivity contribution in [3.05, 3.63) is 59.9 Å². The van der Waals surface area contributed by atoms with Crippen molar-refractivity contribution in [3.8, 4) is 5.75 Å². The van der Waals surface area contributed by atoms with Gasteiger partial charge in [-0.2, -0.15) is 0 Å². The molecule has 1 aliphatic carbocycles. The lowest BCUT2D eigenvalue weighted by Crippen LogP contribution is -2.20. The first-order valence-electron chi connectivity index (χ1n) is 7.39. The minimum Gasteiger partial charge on any atom is -0.457 e. The summed E-state index contributed by atoms with van der Waals surface area (Å²) < 4.78 is 19.7. The predicted molar refractivity (Wildman–Crippen MR) is 83.9 cm³/mol. The molecule has 0 bridgehead atoms. The third kappa shape index (κ3) is 3.42. The Labute approximate surface area is 125 Å². The Morgan fingerprint density at radius 2 is 2.10 bits per heavy atom. The number of halogens is 1. The van der Waals surface area contributed by atoms with E-state index in [1.807, 2.05) is 24.3 Å². The molecule has 2 nitrogen and oxygen atoms in total. The molecule has 1 atom stereocenters. The highest BCUT2D eigenvalue weighted by Crippen LogP contribution is 2.32. The molecule has 1 aromatic carbocycles. The molecule has 3 rings (SSSR count). The third-order valence-electron chi connectivity index (χ3n) is 3.82. The zero-order valence-electron chi connectivity index (χ0n) is 12.2. The van der Waals surface area contributed by atoms with Gasteiger partial charge in [0.1, 0.15) is 17.2 Å². The summed E-state index contributed by atoms with van der Waals surface area (Å²) in [5, 5.41) is 3.31. The summed E-state index contributed by atoms with van der Waals surface area (Å²) in [6, 6.07) is 8.04. The number of para-hydroxylation sites is 1. The zero-order chi connectivity index (χ0) is 14.7. The SMILES string of the molecule is CC1(F)C=CC(Oc2ccccc2C2=CCNCC2)=CC1. The minimum atomic E-state index is -1.26.